The second-order valence-corrected chi connectivity index (χ2v) is 8.92. The molecule has 0 bridgehead atoms. The van der Waals surface area contributed by atoms with E-state index in [9.17, 15) is 4.79 Å². The van der Waals surface area contributed by atoms with Crippen LogP contribution in [0.15, 0.2) is 85.1 Å². The Morgan fingerprint density at radius 2 is 1.49 bits per heavy atom. The molecule has 8 nitrogen and oxygen atoms in total. The Kier molecular flexibility index (Phi) is 6.91. The Balaban J connectivity index is 1.48. The van der Waals surface area contributed by atoms with Gasteiger partial charge in [-0.2, -0.15) is 5.10 Å². The molecule has 2 heterocycles. The highest BCUT2D eigenvalue weighted by atomic mass is 16.1. The molecule has 5 aromatic rings. The predicted octanol–water partition coefficient (Wildman–Crippen LogP) is 4.23. The molecule has 5 rings (SSSR count). The third-order valence-electron chi connectivity index (χ3n) is 6.32. The monoisotopic (exact) mass is 491 g/mol. The molecule has 0 aliphatic heterocycles. The Morgan fingerprint density at radius 3 is 2.11 bits per heavy atom. The highest BCUT2D eigenvalue weighted by Gasteiger charge is 2.14. The number of nitrogens with two attached hydrogens (primary N) is 1. The van der Waals surface area contributed by atoms with E-state index in [4.69, 9.17) is 10.8 Å². The van der Waals surface area contributed by atoms with Crippen molar-refractivity contribution < 1.29 is 4.79 Å². The number of hydrogen-bond acceptors (Lipinski definition) is 5. The van der Waals surface area contributed by atoms with Crippen LogP contribution in [0.2, 0.25) is 0 Å². The fourth-order valence-corrected chi connectivity index (χ4v) is 4.17. The van der Waals surface area contributed by atoms with Crippen molar-refractivity contribution in [1.82, 2.24) is 30.1 Å². The minimum absolute atomic E-state index is 0.00687. The van der Waals surface area contributed by atoms with Gasteiger partial charge in [-0.05, 0) is 48.4 Å². The SMILES string of the molecule is CNC(=O)CCc1cc(-c2ccc(-c3ccc(C)cc3)cc2)n(-c2ccc(-n3cc(CN)nn3)cc2)n1. The van der Waals surface area contributed by atoms with Crippen molar-refractivity contribution in [2.24, 2.45) is 5.73 Å². The van der Waals surface area contributed by atoms with Crippen molar-refractivity contribution >= 4 is 5.91 Å². The van der Waals surface area contributed by atoms with Gasteiger partial charge < -0.3 is 11.1 Å². The Hall–Kier alpha value is -4.56. The molecule has 2 aromatic heterocycles. The van der Waals surface area contributed by atoms with Crippen LogP contribution in [0.1, 0.15) is 23.4 Å². The Bertz CT molecular complexity index is 1500. The van der Waals surface area contributed by atoms with E-state index in [2.05, 4.69) is 77.1 Å². The summed E-state index contributed by atoms with van der Waals surface area (Å²) in [6.45, 7) is 2.43. The summed E-state index contributed by atoms with van der Waals surface area (Å²) in [6, 6.07) is 27.0. The van der Waals surface area contributed by atoms with Gasteiger partial charge in [0.05, 0.1) is 34.7 Å². The minimum atomic E-state index is -0.00687. The second kappa shape index (κ2) is 10.6. The maximum absolute atomic E-state index is 11.8. The van der Waals surface area contributed by atoms with Crippen molar-refractivity contribution in [1.29, 1.82) is 0 Å². The molecule has 0 aliphatic carbocycles. The van der Waals surface area contributed by atoms with E-state index >= 15 is 0 Å². The topological polar surface area (TPSA) is 104 Å². The van der Waals surface area contributed by atoms with Crippen LogP contribution in [0.3, 0.4) is 0 Å². The zero-order chi connectivity index (χ0) is 25.8. The summed E-state index contributed by atoms with van der Waals surface area (Å²) in [5.41, 5.74) is 14.6. The van der Waals surface area contributed by atoms with Gasteiger partial charge in [0.1, 0.15) is 0 Å². The molecule has 3 aromatic carbocycles. The second-order valence-electron chi connectivity index (χ2n) is 8.92. The number of nitrogens with zero attached hydrogens (tertiary/aromatic N) is 5. The summed E-state index contributed by atoms with van der Waals surface area (Å²) >= 11 is 0. The molecule has 0 saturated heterocycles. The summed E-state index contributed by atoms with van der Waals surface area (Å²) in [7, 11) is 1.65. The highest BCUT2D eigenvalue weighted by molar-refractivity contribution is 5.76. The van der Waals surface area contributed by atoms with Gasteiger partial charge in [-0.15, -0.1) is 5.10 Å². The summed E-state index contributed by atoms with van der Waals surface area (Å²) in [5.74, 6) is -0.00687. The molecule has 0 unspecified atom stereocenters. The summed E-state index contributed by atoms with van der Waals surface area (Å²) < 4.78 is 3.63. The molecule has 186 valence electrons. The molecule has 0 atom stereocenters. The first-order chi connectivity index (χ1) is 18.0. The average molecular weight is 492 g/mol. The van der Waals surface area contributed by atoms with Crippen LogP contribution in [0.5, 0.6) is 0 Å². The summed E-state index contributed by atoms with van der Waals surface area (Å²) in [6.07, 6.45) is 2.76. The molecule has 37 heavy (non-hydrogen) atoms. The molecule has 0 radical (unpaired) electrons. The van der Waals surface area contributed by atoms with Gasteiger partial charge >= 0.3 is 0 Å². The zero-order valence-corrected chi connectivity index (χ0v) is 20.9. The van der Waals surface area contributed by atoms with Crippen molar-refractivity contribution in [2.75, 3.05) is 7.05 Å². The normalized spacial score (nSPS) is 11.0. The number of carbonyl (C=O) groups is 1. The van der Waals surface area contributed by atoms with Gasteiger partial charge in [0.2, 0.25) is 5.91 Å². The number of amides is 1. The molecule has 0 aliphatic rings. The molecule has 0 saturated carbocycles. The van der Waals surface area contributed by atoms with Crippen LogP contribution in [0, 0.1) is 6.92 Å². The van der Waals surface area contributed by atoms with Gasteiger partial charge in [-0.3, -0.25) is 4.79 Å². The van der Waals surface area contributed by atoms with Crippen LogP contribution in [-0.4, -0.2) is 37.7 Å². The molecule has 0 spiro atoms. The quantitative estimate of drug-likeness (QED) is 0.338. The lowest BCUT2D eigenvalue weighted by molar-refractivity contribution is -0.120. The summed E-state index contributed by atoms with van der Waals surface area (Å²) in [4.78, 5) is 11.8. The van der Waals surface area contributed by atoms with E-state index in [0.29, 0.717) is 19.4 Å². The van der Waals surface area contributed by atoms with E-state index in [1.54, 1.807) is 11.7 Å². The van der Waals surface area contributed by atoms with Gasteiger partial charge in [0, 0.05) is 32.0 Å². The van der Waals surface area contributed by atoms with Gasteiger partial charge in [0.25, 0.3) is 0 Å². The number of benzene rings is 3. The number of hydrogen-bond donors (Lipinski definition) is 2. The van der Waals surface area contributed by atoms with Gasteiger partial charge in [-0.1, -0.05) is 59.3 Å². The van der Waals surface area contributed by atoms with Crippen LogP contribution >= 0.6 is 0 Å². The molecule has 3 N–H and O–H groups in total. The Morgan fingerprint density at radius 1 is 0.865 bits per heavy atom. The van der Waals surface area contributed by atoms with E-state index < -0.39 is 0 Å². The number of aromatic nitrogens is 5. The summed E-state index contributed by atoms with van der Waals surface area (Å²) in [5, 5.41) is 15.7. The lowest BCUT2D eigenvalue weighted by atomic mass is 10.0. The third kappa shape index (κ3) is 5.34. The third-order valence-corrected chi connectivity index (χ3v) is 6.32. The molecular weight excluding hydrogens is 462 g/mol. The number of rotatable bonds is 8. The van der Waals surface area contributed by atoms with E-state index in [0.717, 1.165) is 39.6 Å². The van der Waals surface area contributed by atoms with Crippen LogP contribution in [0.4, 0.5) is 0 Å². The van der Waals surface area contributed by atoms with Crippen LogP contribution in [0.25, 0.3) is 33.8 Å². The van der Waals surface area contributed by atoms with E-state index in [1.165, 1.54) is 11.1 Å². The van der Waals surface area contributed by atoms with Crippen LogP contribution < -0.4 is 11.1 Å². The molecule has 8 heteroatoms. The van der Waals surface area contributed by atoms with Crippen molar-refractivity contribution in [3.8, 4) is 33.8 Å². The standard InChI is InChI=1S/C29H29N7O/c1-20-3-5-21(6-4-20)22-7-9-23(10-8-22)28-17-24(11-16-29(37)31-2)33-36(28)27-14-12-26(13-15-27)35-19-25(18-30)32-34-35/h3-10,12-15,17,19H,11,16,18,30H2,1-2H3,(H,31,37). The zero-order valence-electron chi connectivity index (χ0n) is 20.9. The first-order valence-electron chi connectivity index (χ1n) is 12.2. The number of nitrogens with one attached hydrogen (secondary N) is 1. The number of aryl methyl sites for hydroxylation is 2. The largest absolute Gasteiger partial charge is 0.359 e. The van der Waals surface area contributed by atoms with Gasteiger partial charge in [0.15, 0.2) is 0 Å². The molecule has 0 fully saturated rings. The van der Waals surface area contributed by atoms with Gasteiger partial charge in [-0.25, -0.2) is 9.36 Å². The Labute approximate surface area is 215 Å². The number of carbonyl (C=O) groups excluding carboxylic acids is 1. The maximum Gasteiger partial charge on any atom is 0.220 e. The van der Waals surface area contributed by atoms with E-state index in [-0.39, 0.29) is 5.91 Å². The van der Waals surface area contributed by atoms with Crippen molar-refractivity contribution in [3.63, 3.8) is 0 Å². The van der Waals surface area contributed by atoms with Crippen LogP contribution in [-0.2, 0) is 17.8 Å². The first-order valence-corrected chi connectivity index (χ1v) is 12.2. The van der Waals surface area contributed by atoms with E-state index in [1.807, 2.05) is 35.1 Å². The highest BCUT2D eigenvalue weighted by Crippen LogP contribution is 2.28. The van der Waals surface area contributed by atoms with Crippen molar-refractivity contribution in [3.05, 3.63) is 102 Å². The smallest absolute Gasteiger partial charge is 0.220 e. The lowest BCUT2D eigenvalue weighted by Gasteiger charge is -2.10. The predicted molar refractivity (Wildman–Crippen MR) is 144 cm³/mol. The molecule has 1 amide bonds. The maximum atomic E-state index is 11.8. The lowest BCUT2D eigenvalue weighted by Crippen LogP contribution is -2.18. The fraction of sp³-hybridized carbons (Fsp3) is 0.172. The average Bonchev–Trinajstić information content (AvgIpc) is 3.60. The first kappa shape index (κ1) is 24.1. The van der Waals surface area contributed by atoms with Crippen molar-refractivity contribution in [2.45, 2.75) is 26.3 Å². The molecular formula is C29H29N7O. The minimum Gasteiger partial charge on any atom is -0.359 e. The fourth-order valence-electron chi connectivity index (χ4n) is 4.17.